The van der Waals surface area contributed by atoms with Crippen LogP contribution < -0.4 is 0 Å². The van der Waals surface area contributed by atoms with E-state index < -0.39 is 0 Å². The highest BCUT2D eigenvalue weighted by molar-refractivity contribution is 14.1. The van der Waals surface area contributed by atoms with Crippen molar-refractivity contribution in [2.45, 2.75) is 0 Å². The van der Waals surface area contributed by atoms with Crippen LogP contribution in [-0.4, -0.2) is 11.8 Å². The summed E-state index contributed by atoms with van der Waals surface area (Å²) in [6.45, 7) is 0.367. The lowest BCUT2D eigenvalue weighted by atomic mass is 10.6. The zero-order chi connectivity index (χ0) is 4.12. The maximum Gasteiger partial charge on any atom is 0.455 e. The number of rotatable bonds is 2. The van der Waals surface area contributed by atoms with Crippen molar-refractivity contribution in [1.82, 2.24) is 0 Å². The van der Waals surface area contributed by atoms with Gasteiger partial charge in [0.2, 0.25) is 0 Å². The number of carbonyl (C=O) groups excluding carboxylic acids is 1. The van der Waals surface area contributed by atoms with Crippen LogP contribution in [-0.2, 0) is 9.45 Å². The van der Waals surface area contributed by atoms with Crippen LogP contribution in [0.15, 0.2) is 0 Å². The first-order chi connectivity index (χ1) is 2.41. The van der Waals surface area contributed by atoms with Gasteiger partial charge in [-0.2, -0.15) is 0 Å². The number of halogens is 1. The lowest BCUT2D eigenvalue weighted by molar-refractivity contribution is -0.120. The predicted molar refractivity (Wildman–Crippen MR) is 26.9 cm³/mol. The summed E-state index contributed by atoms with van der Waals surface area (Å²) in [7, 11) is 0. The lowest BCUT2D eigenvalue weighted by Gasteiger charge is -1.75. The van der Waals surface area contributed by atoms with Crippen molar-refractivity contribution >= 4 is 34.2 Å². The summed E-state index contributed by atoms with van der Waals surface area (Å²) in [6, 6.07) is 0. The molecule has 0 aliphatic carbocycles. The Kier molecular flexibility index (Phi) is 4.49. The monoisotopic (exact) mass is 183 g/mol. The molecule has 0 saturated heterocycles. The molecule has 2 nitrogen and oxygen atoms in total. The molecule has 1 radical (unpaired) electrons. The molecule has 0 fully saturated rings. The zero-order valence-electron chi connectivity index (χ0n) is 2.35. The van der Waals surface area contributed by atoms with Gasteiger partial charge in [-0.25, -0.2) is 0 Å². The highest BCUT2D eigenvalue weighted by Gasteiger charge is 1.72. The Morgan fingerprint density at radius 2 is 2.60 bits per heavy atom. The third kappa shape index (κ3) is 4.26. The Morgan fingerprint density at radius 3 is 2.60 bits per heavy atom. The van der Waals surface area contributed by atoms with E-state index in [0.29, 0.717) is 6.47 Å². The molecule has 0 aromatic carbocycles. The molecule has 0 aliphatic rings. The van der Waals surface area contributed by atoms with Crippen molar-refractivity contribution in [2.24, 2.45) is 0 Å². The number of hydrogen-bond donors (Lipinski definition) is 0. The molecule has 0 spiro atoms. The zero-order valence-corrected chi connectivity index (χ0v) is 4.51. The maximum absolute atomic E-state index is 9.15. The molecule has 27 valence electrons. The summed E-state index contributed by atoms with van der Waals surface area (Å²) in [5.74, 6) is 0. The van der Waals surface area contributed by atoms with Gasteiger partial charge in [0.15, 0.2) is 0 Å². The van der Waals surface area contributed by atoms with Crippen LogP contribution in [0.1, 0.15) is 0 Å². The molecule has 5 heavy (non-hydrogen) atoms. The lowest BCUT2D eigenvalue weighted by Crippen LogP contribution is -1.82. The van der Waals surface area contributed by atoms with Gasteiger partial charge in [0.1, 0.15) is 0 Å². The fourth-order valence-corrected chi connectivity index (χ4v) is 0.141. The standard InChI is InChI=1S/CHBIO2/c3-2-5-1-4/h1H. The Balaban J connectivity index is 2.40. The highest BCUT2D eigenvalue weighted by atomic mass is 127. The third-order valence-electron chi connectivity index (χ3n) is 0.107. The molecular weight excluding hydrogens is 182 g/mol. The highest BCUT2D eigenvalue weighted by Crippen LogP contribution is 1.70. The molecule has 4 heteroatoms. The average molecular weight is 183 g/mol. The van der Waals surface area contributed by atoms with E-state index in [1.165, 1.54) is 5.34 Å². The smallest absolute Gasteiger partial charge is 0.455 e. The van der Waals surface area contributed by atoms with Crippen LogP contribution in [0, 0.1) is 0 Å². The number of carbonyl (C=O) groups is 1. The minimum Gasteiger partial charge on any atom is -0.529 e. The fraction of sp³-hybridized carbons (Fsp3) is 0. The molecule has 0 saturated carbocycles. The van der Waals surface area contributed by atoms with Crippen molar-refractivity contribution in [1.29, 1.82) is 0 Å². The minimum atomic E-state index is 0.367. The summed E-state index contributed by atoms with van der Waals surface area (Å²) >= 11 is 1.81. The second-order valence-electron chi connectivity index (χ2n) is 0.321. The molecule has 0 bridgehead atoms. The Hall–Kier alpha value is 0.265. The van der Waals surface area contributed by atoms with Gasteiger partial charge >= 0.3 is 5.34 Å². The SMILES string of the molecule is O=CO[B]I. The summed E-state index contributed by atoms with van der Waals surface area (Å²) in [6.07, 6.45) is 0. The molecule has 0 atom stereocenters. The van der Waals surface area contributed by atoms with Gasteiger partial charge < -0.3 is 4.65 Å². The molecule has 0 rings (SSSR count). The predicted octanol–water partition coefficient (Wildman–Crippen LogP) is 0.129. The van der Waals surface area contributed by atoms with Crippen molar-refractivity contribution < 1.29 is 9.45 Å². The fourth-order valence-electron chi connectivity index (χ4n) is 0.0210. The van der Waals surface area contributed by atoms with Gasteiger partial charge in [0.25, 0.3) is 6.47 Å². The summed E-state index contributed by atoms with van der Waals surface area (Å²) < 4.78 is 4.01. The maximum atomic E-state index is 9.15. The van der Waals surface area contributed by atoms with Crippen molar-refractivity contribution in [3.63, 3.8) is 0 Å². The topological polar surface area (TPSA) is 26.3 Å². The van der Waals surface area contributed by atoms with Crippen LogP contribution >= 0.6 is 22.4 Å². The average Bonchev–Trinajstić information content (AvgIpc) is 1.41. The van der Waals surface area contributed by atoms with Gasteiger partial charge in [-0.15, -0.1) is 0 Å². The first-order valence-corrected chi connectivity index (χ1v) is 2.17. The van der Waals surface area contributed by atoms with Gasteiger partial charge in [-0.1, -0.05) is 22.4 Å². The van der Waals surface area contributed by atoms with Crippen LogP contribution in [0.4, 0.5) is 0 Å². The van der Waals surface area contributed by atoms with Crippen LogP contribution in [0.3, 0.4) is 0 Å². The third-order valence-corrected chi connectivity index (χ3v) is 0.401. The van der Waals surface area contributed by atoms with E-state index in [1.54, 1.807) is 0 Å². The van der Waals surface area contributed by atoms with Crippen LogP contribution in [0.25, 0.3) is 0 Å². The van der Waals surface area contributed by atoms with E-state index in [2.05, 4.69) is 4.65 Å². The Labute approximate surface area is 44.0 Å². The van der Waals surface area contributed by atoms with E-state index >= 15 is 0 Å². The van der Waals surface area contributed by atoms with Gasteiger partial charge in [0, 0.05) is 0 Å². The molecule has 0 N–H and O–H groups in total. The van der Waals surface area contributed by atoms with Crippen molar-refractivity contribution in [2.75, 3.05) is 0 Å². The van der Waals surface area contributed by atoms with Crippen LogP contribution in [0.2, 0.25) is 0 Å². The molecule has 0 heterocycles. The van der Waals surface area contributed by atoms with E-state index in [-0.39, 0.29) is 0 Å². The van der Waals surface area contributed by atoms with Gasteiger partial charge in [-0.3, -0.25) is 4.79 Å². The Bertz CT molecular complexity index is 30.8. The largest absolute Gasteiger partial charge is 0.529 e. The molecule has 0 aromatic heterocycles. The van der Waals surface area contributed by atoms with Gasteiger partial charge in [-0.05, 0) is 0 Å². The summed E-state index contributed by atoms with van der Waals surface area (Å²) in [4.78, 5) is 9.15. The normalized spacial score (nSPS) is 5.80. The van der Waals surface area contributed by atoms with E-state index in [0.717, 1.165) is 0 Å². The molecular formula is CHBIO2. The minimum absolute atomic E-state index is 0.367. The van der Waals surface area contributed by atoms with E-state index in [1.807, 2.05) is 22.4 Å². The molecule has 0 aromatic rings. The quantitative estimate of drug-likeness (QED) is 0.345. The van der Waals surface area contributed by atoms with Crippen molar-refractivity contribution in [3.8, 4) is 0 Å². The van der Waals surface area contributed by atoms with E-state index in [9.17, 15) is 0 Å². The molecule has 0 amide bonds. The molecule has 0 unspecified atom stereocenters. The second-order valence-corrected chi connectivity index (χ2v) is 0.830. The molecule has 0 aliphatic heterocycles. The second kappa shape index (κ2) is 4.26. The first-order valence-electron chi connectivity index (χ1n) is 0.925. The van der Waals surface area contributed by atoms with Crippen molar-refractivity contribution in [3.05, 3.63) is 0 Å². The number of hydrogen-bond acceptors (Lipinski definition) is 2. The summed E-state index contributed by atoms with van der Waals surface area (Å²) in [5, 5.41) is 1.28. The van der Waals surface area contributed by atoms with Crippen LogP contribution in [0.5, 0.6) is 0 Å². The van der Waals surface area contributed by atoms with Gasteiger partial charge in [0.05, 0.1) is 0 Å². The first kappa shape index (κ1) is 5.26. The summed E-state index contributed by atoms with van der Waals surface area (Å²) in [5.41, 5.74) is 0. The van der Waals surface area contributed by atoms with E-state index in [4.69, 9.17) is 4.79 Å². The Morgan fingerprint density at radius 1 is 2.00 bits per heavy atom.